The standard InChI is InChI=1S/C22H30N6O3/c1-13(2)16-12-15(17-14(3)26-27(4)18(17)24-16)19(29)23-10-7-11-28-20(30)22(25-21(28)31)8-5-6-9-22/h12-13H,5-11H2,1-4H3,(H,23,29)(H,25,31). The molecule has 3 heterocycles. The van der Waals surface area contributed by atoms with Crippen molar-refractivity contribution in [1.29, 1.82) is 0 Å². The Kier molecular flexibility index (Phi) is 5.45. The van der Waals surface area contributed by atoms with Gasteiger partial charge in [-0.1, -0.05) is 26.7 Å². The average Bonchev–Trinajstić information content (AvgIpc) is 3.37. The van der Waals surface area contributed by atoms with Gasteiger partial charge in [-0.05, 0) is 38.2 Å². The third-order valence-corrected chi connectivity index (χ3v) is 6.37. The molecule has 0 radical (unpaired) electrons. The van der Waals surface area contributed by atoms with Crippen LogP contribution in [-0.4, -0.2) is 56.1 Å². The van der Waals surface area contributed by atoms with Gasteiger partial charge in [-0.15, -0.1) is 0 Å². The summed E-state index contributed by atoms with van der Waals surface area (Å²) < 4.78 is 1.70. The SMILES string of the molecule is Cc1nn(C)c2nc(C(C)C)cc(C(=O)NCCCN3C(=O)NC4(CCCC4)C3=O)c12. The highest BCUT2D eigenvalue weighted by atomic mass is 16.2. The van der Waals surface area contributed by atoms with Gasteiger partial charge in [-0.3, -0.25) is 19.2 Å². The van der Waals surface area contributed by atoms with Gasteiger partial charge < -0.3 is 10.6 Å². The fourth-order valence-electron chi connectivity index (χ4n) is 4.67. The average molecular weight is 427 g/mol. The number of amides is 4. The number of carbonyl (C=O) groups is 3. The highest BCUT2D eigenvalue weighted by Gasteiger charge is 2.51. The molecule has 31 heavy (non-hydrogen) atoms. The van der Waals surface area contributed by atoms with Gasteiger partial charge in [0.2, 0.25) is 0 Å². The molecule has 0 bridgehead atoms. The van der Waals surface area contributed by atoms with Crippen LogP contribution in [0.2, 0.25) is 0 Å². The highest BCUT2D eigenvalue weighted by molar-refractivity contribution is 6.07. The Hall–Kier alpha value is -2.97. The zero-order valence-corrected chi connectivity index (χ0v) is 18.6. The number of nitrogens with zero attached hydrogens (tertiary/aromatic N) is 4. The van der Waals surface area contributed by atoms with Crippen molar-refractivity contribution in [2.45, 2.75) is 64.3 Å². The van der Waals surface area contributed by atoms with Gasteiger partial charge in [-0.25, -0.2) is 9.78 Å². The molecule has 2 aromatic heterocycles. The van der Waals surface area contributed by atoms with E-state index in [0.29, 0.717) is 43.6 Å². The molecule has 2 N–H and O–H groups in total. The van der Waals surface area contributed by atoms with E-state index in [2.05, 4.69) is 20.7 Å². The third-order valence-electron chi connectivity index (χ3n) is 6.37. The molecule has 0 unspecified atom stereocenters. The van der Waals surface area contributed by atoms with Crippen LogP contribution in [-0.2, 0) is 11.8 Å². The van der Waals surface area contributed by atoms with E-state index in [4.69, 9.17) is 0 Å². The number of pyridine rings is 1. The zero-order valence-electron chi connectivity index (χ0n) is 18.6. The van der Waals surface area contributed by atoms with Crippen molar-refractivity contribution in [3.8, 4) is 0 Å². The molecule has 9 nitrogen and oxygen atoms in total. The Morgan fingerprint density at radius 3 is 2.68 bits per heavy atom. The quantitative estimate of drug-likeness (QED) is 0.544. The van der Waals surface area contributed by atoms with Crippen LogP contribution in [0.1, 0.15) is 73.6 Å². The summed E-state index contributed by atoms with van der Waals surface area (Å²) in [5.41, 5.74) is 2.15. The van der Waals surface area contributed by atoms with E-state index in [1.54, 1.807) is 4.68 Å². The number of rotatable bonds is 6. The van der Waals surface area contributed by atoms with Crippen molar-refractivity contribution in [1.82, 2.24) is 30.3 Å². The summed E-state index contributed by atoms with van der Waals surface area (Å²) in [6, 6.07) is 1.51. The molecule has 1 saturated heterocycles. The molecule has 1 aliphatic carbocycles. The molecule has 4 rings (SSSR count). The fourth-order valence-corrected chi connectivity index (χ4v) is 4.67. The number of aromatic nitrogens is 3. The van der Waals surface area contributed by atoms with E-state index in [-0.39, 0.29) is 23.8 Å². The first-order valence-corrected chi connectivity index (χ1v) is 11.0. The highest BCUT2D eigenvalue weighted by Crippen LogP contribution is 2.35. The molecule has 2 aromatic rings. The summed E-state index contributed by atoms with van der Waals surface area (Å²) >= 11 is 0. The lowest BCUT2D eigenvalue weighted by Crippen LogP contribution is -2.44. The maximum atomic E-state index is 13.0. The zero-order chi connectivity index (χ0) is 22.3. The van der Waals surface area contributed by atoms with Gasteiger partial charge in [-0.2, -0.15) is 5.10 Å². The maximum Gasteiger partial charge on any atom is 0.325 e. The van der Waals surface area contributed by atoms with Crippen LogP contribution < -0.4 is 10.6 Å². The molecule has 166 valence electrons. The van der Waals surface area contributed by atoms with Gasteiger partial charge in [0.25, 0.3) is 11.8 Å². The van der Waals surface area contributed by atoms with Crippen molar-refractivity contribution in [3.63, 3.8) is 0 Å². The van der Waals surface area contributed by atoms with Gasteiger partial charge >= 0.3 is 6.03 Å². The normalized spacial score (nSPS) is 17.9. The van der Waals surface area contributed by atoms with Crippen LogP contribution >= 0.6 is 0 Å². The summed E-state index contributed by atoms with van der Waals surface area (Å²) in [5, 5.41) is 11.0. The minimum Gasteiger partial charge on any atom is -0.352 e. The Labute approximate surface area is 181 Å². The first-order chi connectivity index (χ1) is 14.7. The molecule has 9 heteroatoms. The second-order valence-electron chi connectivity index (χ2n) is 8.94. The predicted molar refractivity (Wildman–Crippen MR) is 116 cm³/mol. The van der Waals surface area contributed by atoms with Crippen molar-refractivity contribution < 1.29 is 14.4 Å². The summed E-state index contributed by atoms with van der Waals surface area (Å²) in [6.45, 7) is 6.60. The smallest absolute Gasteiger partial charge is 0.325 e. The minimum atomic E-state index is -0.686. The van der Waals surface area contributed by atoms with E-state index in [0.717, 1.165) is 29.6 Å². The molecule has 1 saturated carbocycles. The largest absolute Gasteiger partial charge is 0.352 e. The van der Waals surface area contributed by atoms with Crippen LogP contribution in [0.3, 0.4) is 0 Å². The maximum absolute atomic E-state index is 13.0. The Morgan fingerprint density at radius 2 is 2.00 bits per heavy atom. The second-order valence-corrected chi connectivity index (χ2v) is 8.94. The number of fused-ring (bicyclic) bond motifs is 1. The topological polar surface area (TPSA) is 109 Å². The molecular weight excluding hydrogens is 396 g/mol. The van der Waals surface area contributed by atoms with E-state index < -0.39 is 5.54 Å². The Morgan fingerprint density at radius 1 is 1.29 bits per heavy atom. The number of imide groups is 1. The van der Waals surface area contributed by atoms with Crippen molar-refractivity contribution in [2.75, 3.05) is 13.1 Å². The number of nitrogens with one attached hydrogen (secondary N) is 2. The van der Waals surface area contributed by atoms with Crippen molar-refractivity contribution in [3.05, 3.63) is 23.0 Å². The van der Waals surface area contributed by atoms with Gasteiger partial charge in [0.15, 0.2) is 5.65 Å². The number of carbonyl (C=O) groups excluding carboxylic acids is 3. The molecule has 0 atom stereocenters. The summed E-state index contributed by atoms with van der Waals surface area (Å²) in [7, 11) is 1.82. The lowest BCUT2D eigenvalue weighted by atomic mass is 9.98. The van der Waals surface area contributed by atoms with E-state index >= 15 is 0 Å². The van der Waals surface area contributed by atoms with Crippen LogP contribution in [0, 0.1) is 6.92 Å². The number of aryl methyl sites for hydroxylation is 2. The van der Waals surface area contributed by atoms with Gasteiger partial charge in [0.05, 0.1) is 16.6 Å². The first kappa shape index (κ1) is 21.3. The number of urea groups is 1. The van der Waals surface area contributed by atoms with Crippen LogP contribution in [0.15, 0.2) is 6.07 Å². The van der Waals surface area contributed by atoms with Crippen molar-refractivity contribution >= 4 is 28.9 Å². The molecule has 1 spiro atoms. The van der Waals surface area contributed by atoms with Gasteiger partial charge in [0.1, 0.15) is 5.54 Å². The first-order valence-electron chi connectivity index (χ1n) is 11.0. The van der Waals surface area contributed by atoms with Gasteiger partial charge in [0, 0.05) is 25.8 Å². The second kappa shape index (κ2) is 7.94. The number of hydrogen-bond donors (Lipinski definition) is 2. The molecule has 1 aliphatic heterocycles. The lowest BCUT2D eigenvalue weighted by Gasteiger charge is -2.20. The fraction of sp³-hybridized carbons (Fsp3) is 0.591. The Balaban J connectivity index is 1.42. The van der Waals surface area contributed by atoms with E-state index in [1.165, 1.54) is 4.90 Å². The molecular formula is C22H30N6O3. The molecule has 2 aliphatic rings. The predicted octanol–water partition coefficient (Wildman–Crippen LogP) is 2.38. The summed E-state index contributed by atoms with van der Waals surface area (Å²) in [4.78, 5) is 43.9. The van der Waals surface area contributed by atoms with Crippen molar-refractivity contribution in [2.24, 2.45) is 7.05 Å². The lowest BCUT2D eigenvalue weighted by molar-refractivity contribution is -0.131. The molecule has 2 fully saturated rings. The minimum absolute atomic E-state index is 0.121. The van der Waals surface area contributed by atoms with Crippen LogP contribution in [0.5, 0.6) is 0 Å². The van der Waals surface area contributed by atoms with E-state index in [1.807, 2.05) is 33.9 Å². The van der Waals surface area contributed by atoms with Crippen LogP contribution in [0.4, 0.5) is 4.79 Å². The molecule has 0 aromatic carbocycles. The Bertz CT molecular complexity index is 1050. The monoisotopic (exact) mass is 426 g/mol. The summed E-state index contributed by atoms with van der Waals surface area (Å²) in [6.07, 6.45) is 3.85. The number of hydrogen-bond acceptors (Lipinski definition) is 5. The molecule has 4 amide bonds. The third kappa shape index (κ3) is 3.66. The van der Waals surface area contributed by atoms with E-state index in [9.17, 15) is 14.4 Å². The van der Waals surface area contributed by atoms with Crippen LogP contribution in [0.25, 0.3) is 11.0 Å². The summed E-state index contributed by atoms with van der Waals surface area (Å²) in [5.74, 6) is -0.145.